The molecule has 11 heteroatoms. The first-order valence-corrected chi connectivity index (χ1v) is 12.7. The summed E-state index contributed by atoms with van der Waals surface area (Å²) in [5.41, 5.74) is 2.21. The topological polar surface area (TPSA) is 118 Å². The van der Waals surface area contributed by atoms with E-state index in [0.717, 1.165) is 25.7 Å². The van der Waals surface area contributed by atoms with Gasteiger partial charge in [0.05, 0.1) is 5.69 Å². The van der Waals surface area contributed by atoms with Crippen molar-refractivity contribution in [2.75, 3.05) is 5.32 Å². The van der Waals surface area contributed by atoms with E-state index < -0.39 is 18.4 Å². The molecular weight excluding hydrogens is 480 g/mol. The Balaban J connectivity index is 1.42. The number of carbonyl (C=O) groups is 2. The minimum atomic E-state index is -2.78. The zero-order valence-electron chi connectivity index (χ0n) is 21.1. The van der Waals surface area contributed by atoms with Crippen molar-refractivity contribution in [3.63, 3.8) is 0 Å². The summed E-state index contributed by atoms with van der Waals surface area (Å²) in [6.07, 6.45) is 4.17. The molecule has 1 atom stereocenters. The number of rotatable bonds is 10. The largest absolute Gasteiger partial charge is 0.339 e. The van der Waals surface area contributed by atoms with E-state index in [-0.39, 0.29) is 28.8 Å². The summed E-state index contributed by atoms with van der Waals surface area (Å²) in [5, 5.41) is 16.7. The predicted octanol–water partition coefficient (Wildman–Crippen LogP) is 4.42. The Labute approximate surface area is 213 Å². The lowest BCUT2D eigenvalue weighted by atomic mass is 9.88. The third-order valence-corrected chi connectivity index (χ3v) is 7.36. The van der Waals surface area contributed by atoms with Gasteiger partial charge in [-0.2, -0.15) is 10.2 Å². The number of aryl methyl sites for hydroxylation is 3. The maximum atomic E-state index is 14.1. The molecule has 0 aromatic carbocycles. The van der Waals surface area contributed by atoms with E-state index in [1.165, 1.54) is 12.3 Å². The number of aromatic amines is 1. The van der Waals surface area contributed by atoms with Crippen LogP contribution in [0.4, 0.5) is 14.6 Å². The van der Waals surface area contributed by atoms with Gasteiger partial charge in [0.1, 0.15) is 17.6 Å². The van der Waals surface area contributed by atoms with Gasteiger partial charge in [0.25, 0.3) is 12.3 Å². The molecule has 2 aliphatic carbocycles. The van der Waals surface area contributed by atoms with E-state index in [1.807, 2.05) is 6.92 Å². The lowest BCUT2D eigenvalue weighted by molar-refractivity contribution is -0.119. The number of nitrogens with zero attached hydrogens (tertiary/aromatic N) is 4. The van der Waals surface area contributed by atoms with Crippen molar-refractivity contribution in [3.05, 3.63) is 47.2 Å². The number of hydrogen-bond acceptors (Lipinski definition) is 5. The molecule has 3 aromatic rings. The Morgan fingerprint density at radius 3 is 2.46 bits per heavy atom. The van der Waals surface area contributed by atoms with Crippen LogP contribution in [0.15, 0.2) is 24.5 Å². The van der Waals surface area contributed by atoms with Crippen molar-refractivity contribution >= 4 is 17.6 Å². The molecule has 0 aliphatic heterocycles. The van der Waals surface area contributed by atoms with Gasteiger partial charge in [-0.3, -0.25) is 19.4 Å². The van der Waals surface area contributed by atoms with E-state index in [0.29, 0.717) is 41.0 Å². The molecule has 5 rings (SSSR count). The third-order valence-electron chi connectivity index (χ3n) is 7.36. The summed E-state index contributed by atoms with van der Waals surface area (Å²) in [6.45, 7) is 5.89. The normalized spacial score (nSPS) is 16.3. The molecule has 9 nitrogen and oxygen atoms in total. The second kappa shape index (κ2) is 10.0. The van der Waals surface area contributed by atoms with Gasteiger partial charge in [-0.05, 0) is 76.3 Å². The van der Waals surface area contributed by atoms with Gasteiger partial charge in [0.15, 0.2) is 0 Å². The summed E-state index contributed by atoms with van der Waals surface area (Å²) in [4.78, 5) is 31.0. The minimum Gasteiger partial charge on any atom is -0.339 e. The Hall–Kier alpha value is -3.63. The lowest BCUT2D eigenvalue weighted by Gasteiger charge is -2.27. The predicted molar refractivity (Wildman–Crippen MR) is 133 cm³/mol. The highest BCUT2D eigenvalue weighted by atomic mass is 19.3. The molecule has 0 unspecified atom stereocenters. The van der Waals surface area contributed by atoms with E-state index in [9.17, 15) is 18.4 Å². The maximum absolute atomic E-state index is 14.1. The standard InChI is InChI=1S/C26H31F2N7O2/c1-4-35-19(9-10-30-35)25(36)32-23(22(15-5-6-15)16-7-8-16)26(37)31-20-11-17(24(27)28)18(12-29-20)21-13(2)33-34-14(21)3/h9-12,15-16,22-24H,4-8H2,1-3H3,(H,32,36)(H,33,34)(H,29,31,37)/t23-/m0/s1. The van der Waals surface area contributed by atoms with Crippen molar-refractivity contribution in [2.45, 2.75) is 65.5 Å². The number of amides is 2. The fourth-order valence-corrected chi connectivity index (χ4v) is 5.30. The van der Waals surface area contributed by atoms with Gasteiger partial charge in [0, 0.05) is 41.3 Å². The number of nitrogens with one attached hydrogen (secondary N) is 3. The molecule has 3 heterocycles. The molecule has 37 heavy (non-hydrogen) atoms. The second-order valence-electron chi connectivity index (χ2n) is 9.99. The van der Waals surface area contributed by atoms with Crippen LogP contribution in [0.1, 0.15) is 66.5 Å². The van der Waals surface area contributed by atoms with Crippen molar-refractivity contribution in [3.8, 4) is 11.1 Å². The van der Waals surface area contributed by atoms with Crippen LogP contribution < -0.4 is 10.6 Å². The van der Waals surface area contributed by atoms with Crippen LogP contribution in [0.25, 0.3) is 11.1 Å². The fourth-order valence-electron chi connectivity index (χ4n) is 5.30. The van der Waals surface area contributed by atoms with Gasteiger partial charge >= 0.3 is 0 Å². The molecule has 0 spiro atoms. The number of halogens is 2. The zero-order valence-corrected chi connectivity index (χ0v) is 21.1. The fraction of sp³-hybridized carbons (Fsp3) is 0.500. The van der Waals surface area contributed by atoms with E-state index in [1.54, 1.807) is 30.8 Å². The molecule has 2 saturated carbocycles. The Bertz CT molecular complexity index is 1280. The maximum Gasteiger partial charge on any atom is 0.270 e. The molecule has 0 radical (unpaired) electrons. The monoisotopic (exact) mass is 511 g/mol. The Kier molecular flexibility index (Phi) is 6.78. The summed E-state index contributed by atoms with van der Waals surface area (Å²) >= 11 is 0. The van der Waals surface area contributed by atoms with Crippen molar-refractivity contribution in [1.29, 1.82) is 0 Å². The number of anilines is 1. The van der Waals surface area contributed by atoms with Crippen LogP contribution in [0.5, 0.6) is 0 Å². The van der Waals surface area contributed by atoms with E-state index >= 15 is 0 Å². The van der Waals surface area contributed by atoms with Crippen molar-refractivity contribution in [2.24, 2.45) is 17.8 Å². The lowest BCUT2D eigenvalue weighted by Crippen LogP contribution is -2.50. The molecule has 196 valence electrons. The molecule has 3 aromatic heterocycles. The molecule has 2 amide bonds. The molecule has 3 N–H and O–H groups in total. The molecular formula is C26H31F2N7O2. The Morgan fingerprint density at radius 2 is 1.89 bits per heavy atom. The summed E-state index contributed by atoms with van der Waals surface area (Å²) < 4.78 is 29.7. The SMILES string of the molecule is CCn1nccc1C(=O)N[C@H](C(=O)Nc1cc(C(F)F)c(-c2c(C)n[nH]c2C)cn1)C(C1CC1)C1CC1. The number of aromatic nitrogens is 5. The molecule has 0 saturated heterocycles. The molecule has 2 fully saturated rings. The second-order valence-corrected chi connectivity index (χ2v) is 9.99. The van der Waals surface area contributed by atoms with Gasteiger partial charge in [-0.15, -0.1) is 0 Å². The van der Waals surface area contributed by atoms with Gasteiger partial charge in [0.2, 0.25) is 5.91 Å². The first-order valence-electron chi connectivity index (χ1n) is 12.7. The van der Waals surface area contributed by atoms with Gasteiger partial charge in [-0.1, -0.05) is 0 Å². The molecule has 0 bridgehead atoms. The van der Waals surface area contributed by atoms with Gasteiger partial charge in [-0.25, -0.2) is 13.8 Å². The quantitative estimate of drug-likeness (QED) is 0.373. The van der Waals surface area contributed by atoms with Crippen LogP contribution in [0.3, 0.4) is 0 Å². The van der Waals surface area contributed by atoms with E-state index in [2.05, 4.69) is 30.9 Å². The summed E-state index contributed by atoms with van der Waals surface area (Å²) in [5.74, 6) is -0.0977. The van der Waals surface area contributed by atoms with Crippen LogP contribution >= 0.6 is 0 Å². The highest BCUT2D eigenvalue weighted by molar-refractivity contribution is 6.00. The van der Waals surface area contributed by atoms with Crippen molar-refractivity contribution < 1.29 is 18.4 Å². The average molecular weight is 512 g/mol. The van der Waals surface area contributed by atoms with Crippen molar-refractivity contribution in [1.82, 2.24) is 30.3 Å². The highest BCUT2D eigenvalue weighted by Gasteiger charge is 2.48. The van der Waals surface area contributed by atoms with E-state index in [4.69, 9.17) is 0 Å². The first-order chi connectivity index (χ1) is 17.8. The zero-order chi connectivity index (χ0) is 26.3. The molecule has 2 aliphatic rings. The smallest absolute Gasteiger partial charge is 0.270 e. The number of H-pyrrole nitrogens is 1. The van der Waals surface area contributed by atoms with Crippen LogP contribution in [-0.2, 0) is 11.3 Å². The highest BCUT2D eigenvalue weighted by Crippen LogP contribution is 2.51. The number of alkyl halides is 2. The number of hydrogen-bond donors (Lipinski definition) is 3. The third kappa shape index (κ3) is 5.12. The minimum absolute atomic E-state index is 0.00739. The van der Waals surface area contributed by atoms with Crippen LogP contribution in [0.2, 0.25) is 0 Å². The Morgan fingerprint density at radius 1 is 1.19 bits per heavy atom. The number of pyridine rings is 1. The first kappa shape index (κ1) is 25.0. The number of carbonyl (C=O) groups excluding carboxylic acids is 2. The van der Waals surface area contributed by atoms with Crippen LogP contribution in [-0.4, -0.2) is 42.8 Å². The van der Waals surface area contributed by atoms with Crippen LogP contribution in [0, 0.1) is 31.6 Å². The average Bonchev–Trinajstić information content (AvgIpc) is 3.81. The summed E-state index contributed by atoms with van der Waals surface area (Å²) in [6, 6.07) is 2.02. The summed E-state index contributed by atoms with van der Waals surface area (Å²) in [7, 11) is 0. The van der Waals surface area contributed by atoms with Gasteiger partial charge < -0.3 is 10.6 Å².